The number of hydrogen-bond donors (Lipinski definition) is 0. The fourth-order valence-corrected chi connectivity index (χ4v) is 2.82. The number of ether oxygens (including phenoxy) is 2. The van der Waals surface area contributed by atoms with Crippen LogP contribution in [0.5, 0.6) is 0 Å². The fraction of sp³-hybridized carbons (Fsp3) is 0.889. The number of amides is 1. The largest absolute Gasteiger partial charge is 0.469 e. The highest BCUT2D eigenvalue weighted by atomic mass is 16.6. The minimum absolute atomic E-state index is 0.130. The SMILES string of the molecule is COC(=O)[C@@H](C)C(C)N1CCN(CCN(C)C(=O)OC(C)(C)C)CC1. The lowest BCUT2D eigenvalue weighted by Gasteiger charge is -2.39. The van der Waals surface area contributed by atoms with Crippen LogP contribution in [0.1, 0.15) is 34.6 Å². The van der Waals surface area contributed by atoms with Crippen LogP contribution in [0.15, 0.2) is 0 Å². The molecule has 1 amide bonds. The predicted octanol–water partition coefficient (Wildman–Crippen LogP) is 1.67. The molecule has 25 heavy (non-hydrogen) atoms. The Bertz CT molecular complexity index is 442. The second-order valence-corrected chi connectivity index (χ2v) is 7.83. The van der Waals surface area contributed by atoms with Gasteiger partial charge in [-0.1, -0.05) is 6.92 Å². The standard InChI is InChI=1S/C18H35N3O4/c1-14(16(22)24-7)15(2)21-12-10-20(11-13-21)9-8-19(6)17(23)25-18(3,4)5/h14-15H,8-13H2,1-7H3/t14-,15?/m0/s1. The van der Waals surface area contributed by atoms with Crippen molar-refractivity contribution in [2.24, 2.45) is 5.92 Å². The van der Waals surface area contributed by atoms with Crippen LogP contribution in [0.25, 0.3) is 0 Å². The second-order valence-electron chi connectivity index (χ2n) is 7.83. The molecule has 1 heterocycles. The van der Waals surface area contributed by atoms with Crippen molar-refractivity contribution in [1.29, 1.82) is 0 Å². The van der Waals surface area contributed by atoms with E-state index in [4.69, 9.17) is 9.47 Å². The van der Waals surface area contributed by atoms with Gasteiger partial charge >= 0.3 is 12.1 Å². The lowest BCUT2D eigenvalue weighted by atomic mass is 10.0. The second kappa shape index (κ2) is 9.38. The van der Waals surface area contributed by atoms with Gasteiger partial charge in [-0.25, -0.2) is 4.79 Å². The third kappa shape index (κ3) is 7.20. The molecule has 0 spiro atoms. The number of piperazine rings is 1. The molecular weight excluding hydrogens is 322 g/mol. The Morgan fingerprint density at radius 3 is 2.16 bits per heavy atom. The summed E-state index contributed by atoms with van der Waals surface area (Å²) in [6, 6.07) is 0.166. The molecule has 0 aromatic rings. The average molecular weight is 357 g/mol. The van der Waals surface area contributed by atoms with Crippen LogP contribution >= 0.6 is 0 Å². The third-order valence-corrected chi connectivity index (χ3v) is 4.74. The van der Waals surface area contributed by atoms with Crippen molar-refractivity contribution in [2.75, 3.05) is 53.4 Å². The van der Waals surface area contributed by atoms with Gasteiger partial charge in [-0.05, 0) is 27.7 Å². The number of methoxy groups -OCH3 is 1. The third-order valence-electron chi connectivity index (χ3n) is 4.74. The van der Waals surface area contributed by atoms with E-state index < -0.39 is 5.60 Å². The van der Waals surface area contributed by atoms with E-state index >= 15 is 0 Å². The molecule has 1 aliphatic heterocycles. The summed E-state index contributed by atoms with van der Waals surface area (Å²) in [7, 11) is 3.20. The van der Waals surface area contributed by atoms with Crippen LogP contribution in [0.4, 0.5) is 4.79 Å². The molecule has 146 valence electrons. The van der Waals surface area contributed by atoms with E-state index in [-0.39, 0.29) is 24.0 Å². The Morgan fingerprint density at radius 2 is 1.68 bits per heavy atom. The van der Waals surface area contributed by atoms with Crippen LogP contribution in [0.2, 0.25) is 0 Å². The predicted molar refractivity (Wildman–Crippen MR) is 97.5 cm³/mol. The first-order valence-electron chi connectivity index (χ1n) is 9.03. The Kier molecular flexibility index (Phi) is 8.15. The number of hydrogen-bond acceptors (Lipinski definition) is 6. The van der Waals surface area contributed by atoms with Crippen molar-refractivity contribution in [2.45, 2.75) is 46.3 Å². The molecule has 0 radical (unpaired) electrons. The van der Waals surface area contributed by atoms with Crippen molar-refractivity contribution < 1.29 is 19.1 Å². The highest BCUT2D eigenvalue weighted by Gasteiger charge is 2.29. The van der Waals surface area contributed by atoms with Gasteiger partial charge in [0.05, 0.1) is 13.0 Å². The van der Waals surface area contributed by atoms with Crippen molar-refractivity contribution >= 4 is 12.1 Å². The molecule has 0 saturated carbocycles. The summed E-state index contributed by atoms with van der Waals surface area (Å²) in [4.78, 5) is 30.0. The summed E-state index contributed by atoms with van der Waals surface area (Å²) < 4.78 is 10.2. The van der Waals surface area contributed by atoms with Gasteiger partial charge in [0.15, 0.2) is 0 Å². The maximum atomic E-state index is 12.0. The normalized spacial score (nSPS) is 19.2. The van der Waals surface area contributed by atoms with Gasteiger partial charge in [-0.15, -0.1) is 0 Å². The van der Waals surface area contributed by atoms with Crippen molar-refractivity contribution in [1.82, 2.24) is 14.7 Å². The first-order chi connectivity index (χ1) is 11.5. The maximum absolute atomic E-state index is 12.0. The van der Waals surface area contributed by atoms with E-state index in [0.29, 0.717) is 6.54 Å². The highest BCUT2D eigenvalue weighted by molar-refractivity contribution is 5.72. The van der Waals surface area contributed by atoms with Gasteiger partial charge in [0.2, 0.25) is 0 Å². The van der Waals surface area contributed by atoms with Crippen LogP contribution in [-0.2, 0) is 14.3 Å². The number of esters is 1. The van der Waals surface area contributed by atoms with E-state index in [1.807, 2.05) is 27.7 Å². The van der Waals surface area contributed by atoms with Gasteiger partial charge in [-0.2, -0.15) is 0 Å². The number of rotatable bonds is 6. The quantitative estimate of drug-likeness (QED) is 0.674. The number of carbonyl (C=O) groups is 2. The van der Waals surface area contributed by atoms with Gasteiger partial charge in [0, 0.05) is 52.4 Å². The lowest BCUT2D eigenvalue weighted by Crippen LogP contribution is -2.53. The molecule has 7 nitrogen and oxygen atoms in total. The fourth-order valence-electron chi connectivity index (χ4n) is 2.82. The summed E-state index contributed by atoms with van der Waals surface area (Å²) in [5, 5.41) is 0. The Labute approximate surface area is 152 Å². The average Bonchev–Trinajstić information content (AvgIpc) is 2.56. The number of nitrogens with zero attached hydrogens (tertiary/aromatic N) is 3. The van der Waals surface area contributed by atoms with E-state index in [9.17, 15) is 9.59 Å². The molecule has 1 rings (SSSR count). The molecule has 2 atom stereocenters. The molecule has 1 saturated heterocycles. The van der Waals surface area contributed by atoms with Crippen molar-refractivity contribution in [3.63, 3.8) is 0 Å². The van der Waals surface area contributed by atoms with Crippen LogP contribution in [-0.4, -0.2) is 91.8 Å². The molecule has 0 aromatic carbocycles. The summed E-state index contributed by atoms with van der Waals surface area (Å²) in [5.41, 5.74) is -0.469. The van der Waals surface area contributed by atoms with Gasteiger partial charge in [-0.3, -0.25) is 14.6 Å². The summed E-state index contributed by atoms with van der Waals surface area (Å²) in [6.45, 7) is 14.8. The van der Waals surface area contributed by atoms with Crippen LogP contribution in [0.3, 0.4) is 0 Å². The number of likely N-dealkylation sites (N-methyl/N-ethyl adjacent to an activating group) is 1. The Morgan fingerprint density at radius 1 is 1.12 bits per heavy atom. The smallest absolute Gasteiger partial charge is 0.410 e. The van der Waals surface area contributed by atoms with E-state index in [1.165, 1.54) is 7.11 Å². The molecule has 1 unspecified atom stereocenters. The van der Waals surface area contributed by atoms with E-state index in [0.717, 1.165) is 32.7 Å². The van der Waals surface area contributed by atoms with Crippen LogP contribution in [0, 0.1) is 5.92 Å². The maximum Gasteiger partial charge on any atom is 0.410 e. The van der Waals surface area contributed by atoms with E-state index in [1.54, 1.807) is 11.9 Å². The summed E-state index contributed by atoms with van der Waals surface area (Å²) >= 11 is 0. The lowest BCUT2D eigenvalue weighted by molar-refractivity contribution is -0.147. The van der Waals surface area contributed by atoms with Crippen LogP contribution < -0.4 is 0 Å². The highest BCUT2D eigenvalue weighted by Crippen LogP contribution is 2.15. The topological polar surface area (TPSA) is 62.3 Å². The summed E-state index contributed by atoms with van der Waals surface area (Å²) in [6.07, 6.45) is -0.285. The number of carbonyl (C=O) groups excluding carboxylic acids is 2. The first kappa shape index (κ1) is 21.7. The van der Waals surface area contributed by atoms with Gasteiger partial charge < -0.3 is 14.4 Å². The zero-order chi connectivity index (χ0) is 19.2. The van der Waals surface area contributed by atoms with Crippen molar-refractivity contribution in [3.05, 3.63) is 0 Å². The molecule has 1 aliphatic rings. The minimum Gasteiger partial charge on any atom is -0.469 e. The monoisotopic (exact) mass is 357 g/mol. The minimum atomic E-state index is -0.469. The zero-order valence-electron chi connectivity index (χ0n) is 16.9. The molecule has 0 N–H and O–H groups in total. The molecular formula is C18H35N3O4. The molecule has 1 fully saturated rings. The summed E-state index contributed by atoms with van der Waals surface area (Å²) in [5.74, 6) is -0.288. The molecule has 7 heteroatoms. The molecule has 0 aromatic heterocycles. The zero-order valence-corrected chi connectivity index (χ0v) is 16.9. The first-order valence-corrected chi connectivity index (χ1v) is 9.03. The van der Waals surface area contributed by atoms with Gasteiger partial charge in [0.25, 0.3) is 0 Å². The molecule has 0 bridgehead atoms. The van der Waals surface area contributed by atoms with Gasteiger partial charge in [0.1, 0.15) is 5.60 Å². The Hall–Kier alpha value is -1.34. The van der Waals surface area contributed by atoms with E-state index in [2.05, 4.69) is 16.7 Å². The van der Waals surface area contributed by atoms with Crippen molar-refractivity contribution in [3.8, 4) is 0 Å². The molecule has 0 aliphatic carbocycles. The Balaban J connectivity index is 2.35.